The Hall–Kier alpha value is -0.420. The van der Waals surface area contributed by atoms with E-state index in [1.165, 1.54) is 9.75 Å². The van der Waals surface area contributed by atoms with Crippen LogP contribution in [0.25, 0.3) is 0 Å². The van der Waals surface area contributed by atoms with Crippen molar-refractivity contribution < 1.29 is 4.74 Å². The number of hydrogen-bond donors (Lipinski definition) is 1. The van der Waals surface area contributed by atoms with Crippen molar-refractivity contribution in [2.75, 3.05) is 26.3 Å². The molecule has 0 saturated carbocycles. The summed E-state index contributed by atoms with van der Waals surface area (Å²) in [6.45, 7) is 7.97. The van der Waals surface area contributed by atoms with Crippen LogP contribution < -0.4 is 5.73 Å². The van der Waals surface area contributed by atoms with Gasteiger partial charge in [-0.2, -0.15) is 0 Å². The Labute approximate surface area is 108 Å². The Morgan fingerprint density at radius 2 is 2.12 bits per heavy atom. The average molecular weight is 254 g/mol. The van der Waals surface area contributed by atoms with Crippen LogP contribution in [-0.4, -0.2) is 37.2 Å². The van der Waals surface area contributed by atoms with Crippen LogP contribution in [0.15, 0.2) is 12.1 Å². The molecule has 0 radical (unpaired) electrons. The minimum Gasteiger partial charge on any atom is -0.379 e. The van der Waals surface area contributed by atoms with Gasteiger partial charge in [-0.1, -0.05) is 6.92 Å². The van der Waals surface area contributed by atoms with Gasteiger partial charge < -0.3 is 10.5 Å². The van der Waals surface area contributed by atoms with Crippen molar-refractivity contribution in [3.8, 4) is 0 Å². The molecule has 2 atom stereocenters. The quantitative estimate of drug-likeness (QED) is 0.895. The molecule has 17 heavy (non-hydrogen) atoms. The third-order valence-corrected chi connectivity index (χ3v) is 4.44. The molecule has 2 rings (SSSR count). The maximum absolute atomic E-state index is 6.31. The van der Waals surface area contributed by atoms with Gasteiger partial charge >= 0.3 is 0 Å². The summed E-state index contributed by atoms with van der Waals surface area (Å²) in [5.74, 6) is 0. The zero-order chi connectivity index (χ0) is 12.3. The topological polar surface area (TPSA) is 38.5 Å². The van der Waals surface area contributed by atoms with Crippen molar-refractivity contribution >= 4 is 11.3 Å². The first-order valence-electron chi connectivity index (χ1n) is 6.36. The van der Waals surface area contributed by atoms with Crippen molar-refractivity contribution in [3.63, 3.8) is 0 Å². The third-order valence-electron chi connectivity index (χ3n) is 3.37. The van der Waals surface area contributed by atoms with E-state index in [2.05, 4.69) is 30.9 Å². The van der Waals surface area contributed by atoms with Gasteiger partial charge in [-0.3, -0.25) is 4.90 Å². The number of thiophene rings is 1. The second kappa shape index (κ2) is 5.96. The molecular weight excluding hydrogens is 232 g/mol. The molecule has 2 unspecified atom stereocenters. The van der Waals surface area contributed by atoms with Crippen molar-refractivity contribution in [2.24, 2.45) is 5.73 Å². The molecule has 1 aromatic heterocycles. The van der Waals surface area contributed by atoms with Gasteiger partial charge in [-0.25, -0.2) is 0 Å². The van der Waals surface area contributed by atoms with Gasteiger partial charge in [0, 0.05) is 28.9 Å². The molecule has 2 N–H and O–H groups in total. The predicted octanol–water partition coefficient (Wildman–Crippen LogP) is 2.17. The van der Waals surface area contributed by atoms with Crippen LogP contribution in [0.3, 0.4) is 0 Å². The Balaban J connectivity index is 2.17. The first-order valence-corrected chi connectivity index (χ1v) is 7.17. The summed E-state index contributed by atoms with van der Waals surface area (Å²) in [4.78, 5) is 5.24. The smallest absolute Gasteiger partial charge is 0.0595 e. The van der Waals surface area contributed by atoms with Gasteiger partial charge in [-0.05, 0) is 25.5 Å². The minimum atomic E-state index is 0.214. The Morgan fingerprint density at radius 3 is 2.65 bits per heavy atom. The molecule has 0 aromatic carbocycles. The van der Waals surface area contributed by atoms with E-state index in [0.29, 0.717) is 6.04 Å². The van der Waals surface area contributed by atoms with Gasteiger partial charge in [0.05, 0.1) is 19.3 Å². The second-order valence-electron chi connectivity index (χ2n) is 4.61. The van der Waals surface area contributed by atoms with Crippen molar-refractivity contribution in [1.82, 2.24) is 4.90 Å². The number of nitrogens with two attached hydrogens (primary N) is 1. The van der Waals surface area contributed by atoms with Gasteiger partial charge in [-0.15, -0.1) is 11.3 Å². The Kier molecular flexibility index (Phi) is 4.56. The fourth-order valence-electron chi connectivity index (χ4n) is 2.35. The first-order chi connectivity index (χ1) is 8.22. The first kappa shape index (κ1) is 13.0. The van der Waals surface area contributed by atoms with Gasteiger partial charge in [0.2, 0.25) is 0 Å². The van der Waals surface area contributed by atoms with Crippen LogP contribution in [0.1, 0.15) is 29.1 Å². The summed E-state index contributed by atoms with van der Waals surface area (Å²) in [6, 6.07) is 5.00. The van der Waals surface area contributed by atoms with Crippen LogP contribution in [-0.2, 0) is 4.74 Å². The lowest BCUT2D eigenvalue weighted by molar-refractivity contribution is 0.0109. The maximum Gasteiger partial charge on any atom is 0.0595 e. The number of morpholine rings is 1. The molecule has 0 bridgehead atoms. The average Bonchev–Trinajstić information content (AvgIpc) is 2.77. The van der Waals surface area contributed by atoms with Crippen LogP contribution >= 0.6 is 11.3 Å². The van der Waals surface area contributed by atoms with Gasteiger partial charge in [0.1, 0.15) is 0 Å². The number of aryl methyl sites for hydroxylation is 1. The van der Waals surface area contributed by atoms with Crippen LogP contribution in [0.5, 0.6) is 0 Å². The predicted molar refractivity (Wildman–Crippen MR) is 72.5 cm³/mol. The molecule has 3 nitrogen and oxygen atoms in total. The molecule has 0 aliphatic carbocycles. The van der Waals surface area contributed by atoms with E-state index in [1.54, 1.807) is 0 Å². The van der Waals surface area contributed by atoms with E-state index < -0.39 is 0 Å². The summed E-state index contributed by atoms with van der Waals surface area (Å²) in [5.41, 5.74) is 6.31. The van der Waals surface area contributed by atoms with Crippen molar-refractivity contribution in [3.05, 3.63) is 21.9 Å². The van der Waals surface area contributed by atoms with E-state index in [-0.39, 0.29) is 6.04 Å². The maximum atomic E-state index is 6.31. The fraction of sp³-hybridized carbons (Fsp3) is 0.692. The van der Waals surface area contributed by atoms with E-state index in [0.717, 1.165) is 32.7 Å². The molecule has 4 heteroatoms. The Morgan fingerprint density at radius 1 is 1.41 bits per heavy atom. The molecule has 1 aromatic rings. The van der Waals surface area contributed by atoms with Crippen LogP contribution in [0.4, 0.5) is 0 Å². The highest BCUT2D eigenvalue weighted by atomic mass is 32.1. The van der Waals surface area contributed by atoms with E-state index >= 15 is 0 Å². The molecule has 1 saturated heterocycles. The summed E-state index contributed by atoms with van der Waals surface area (Å²) in [5, 5.41) is 0. The number of rotatable bonds is 4. The van der Waals surface area contributed by atoms with E-state index in [1.807, 2.05) is 11.3 Å². The van der Waals surface area contributed by atoms with Crippen molar-refractivity contribution in [1.29, 1.82) is 0 Å². The second-order valence-corrected chi connectivity index (χ2v) is 5.93. The SMILES string of the molecule is CCC(N)C(c1ccc(C)s1)N1CCOCC1. The lowest BCUT2D eigenvalue weighted by Gasteiger charge is -2.37. The number of ether oxygens (including phenoxy) is 1. The number of hydrogen-bond acceptors (Lipinski definition) is 4. The molecule has 2 heterocycles. The summed E-state index contributed by atoms with van der Waals surface area (Å²) >= 11 is 1.87. The molecule has 0 spiro atoms. The lowest BCUT2D eigenvalue weighted by atomic mass is 10.0. The minimum absolute atomic E-state index is 0.214. The summed E-state index contributed by atoms with van der Waals surface area (Å²) < 4.78 is 5.43. The summed E-state index contributed by atoms with van der Waals surface area (Å²) in [6.07, 6.45) is 1.01. The van der Waals surface area contributed by atoms with Gasteiger partial charge in [0.25, 0.3) is 0 Å². The van der Waals surface area contributed by atoms with E-state index in [9.17, 15) is 0 Å². The zero-order valence-corrected chi connectivity index (χ0v) is 11.5. The number of nitrogens with zero attached hydrogens (tertiary/aromatic N) is 1. The fourth-order valence-corrected chi connectivity index (χ4v) is 3.44. The van der Waals surface area contributed by atoms with E-state index in [4.69, 9.17) is 10.5 Å². The molecule has 1 aliphatic rings. The molecular formula is C13H22N2OS. The monoisotopic (exact) mass is 254 g/mol. The third kappa shape index (κ3) is 3.07. The Bertz CT molecular complexity index is 347. The normalized spacial score (nSPS) is 21.4. The van der Waals surface area contributed by atoms with Crippen LogP contribution in [0, 0.1) is 6.92 Å². The highest BCUT2D eigenvalue weighted by molar-refractivity contribution is 7.12. The largest absolute Gasteiger partial charge is 0.379 e. The highest BCUT2D eigenvalue weighted by Gasteiger charge is 2.28. The highest BCUT2D eigenvalue weighted by Crippen LogP contribution is 2.31. The summed E-state index contributed by atoms with van der Waals surface area (Å²) in [7, 11) is 0. The molecule has 1 fully saturated rings. The molecule has 1 aliphatic heterocycles. The van der Waals surface area contributed by atoms with Crippen molar-refractivity contribution in [2.45, 2.75) is 32.4 Å². The lowest BCUT2D eigenvalue weighted by Crippen LogP contribution is -2.45. The standard InChI is InChI=1S/C13H22N2OS/c1-3-11(14)13(12-5-4-10(2)17-12)15-6-8-16-9-7-15/h4-5,11,13H,3,6-9,14H2,1-2H3. The molecule has 96 valence electrons. The molecule has 0 amide bonds. The van der Waals surface area contributed by atoms with Gasteiger partial charge in [0.15, 0.2) is 0 Å². The van der Waals surface area contributed by atoms with Crippen LogP contribution in [0.2, 0.25) is 0 Å². The zero-order valence-electron chi connectivity index (χ0n) is 10.7.